The Bertz CT molecular complexity index is 451. The van der Waals surface area contributed by atoms with E-state index in [1.54, 1.807) is 0 Å². The van der Waals surface area contributed by atoms with Crippen molar-refractivity contribution in [3.05, 3.63) is 18.0 Å². The van der Waals surface area contributed by atoms with Crippen molar-refractivity contribution in [1.82, 2.24) is 19.6 Å². The van der Waals surface area contributed by atoms with Crippen molar-refractivity contribution in [2.45, 2.75) is 50.2 Å². The van der Waals surface area contributed by atoms with E-state index >= 15 is 0 Å². The van der Waals surface area contributed by atoms with Crippen LogP contribution in [0.4, 0.5) is 0 Å². The molecule has 0 amide bonds. The van der Waals surface area contributed by atoms with Gasteiger partial charge in [0.1, 0.15) is 0 Å². The van der Waals surface area contributed by atoms with Crippen molar-refractivity contribution in [2.75, 3.05) is 33.7 Å². The molecule has 2 unspecified atom stereocenters. The van der Waals surface area contributed by atoms with Crippen LogP contribution in [0, 0.1) is 0 Å². The van der Waals surface area contributed by atoms with Gasteiger partial charge in [-0.05, 0) is 33.0 Å². The fraction of sp³-hybridized carbons (Fsp3) is 0.812. The largest absolute Gasteiger partial charge is 0.326 e. The molecule has 1 saturated heterocycles. The van der Waals surface area contributed by atoms with Crippen LogP contribution in [-0.2, 0) is 6.42 Å². The van der Waals surface area contributed by atoms with Crippen LogP contribution in [0.2, 0.25) is 0 Å². The van der Waals surface area contributed by atoms with Gasteiger partial charge in [0, 0.05) is 44.3 Å². The number of hydrogen-bond donors (Lipinski definition) is 1. The van der Waals surface area contributed by atoms with Gasteiger partial charge in [-0.1, -0.05) is 12.8 Å². The molecule has 0 spiro atoms. The Kier molecular flexibility index (Phi) is 4.62. The summed E-state index contributed by atoms with van der Waals surface area (Å²) in [6.07, 6.45) is 8.28. The van der Waals surface area contributed by atoms with Gasteiger partial charge in [0.15, 0.2) is 0 Å². The lowest BCUT2D eigenvalue weighted by atomic mass is 10.0. The van der Waals surface area contributed by atoms with Crippen molar-refractivity contribution < 1.29 is 0 Å². The number of piperazine rings is 1. The lowest BCUT2D eigenvalue weighted by Crippen LogP contribution is -2.58. The highest BCUT2D eigenvalue weighted by molar-refractivity contribution is 5.04. The predicted molar refractivity (Wildman–Crippen MR) is 85.3 cm³/mol. The minimum atomic E-state index is 0.157. The van der Waals surface area contributed by atoms with Crippen molar-refractivity contribution in [1.29, 1.82) is 0 Å². The summed E-state index contributed by atoms with van der Waals surface area (Å²) in [5.41, 5.74) is 7.63. The second-order valence-corrected chi connectivity index (χ2v) is 6.90. The molecule has 1 aliphatic heterocycles. The molecule has 2 aliphatic rings. The topological polar surface area (TPSA) is 50.3 Å². The first-order valence-electron chi connectivity index (χ1n) is 8.32. The van der Waals surface area contributed by atoms with Crippen LogP contribution < -0.4 is 5.73 Å². The van der Waals surface area contributed by atoms with E-state index in [-0.39, 0.29) is 6.04 Å². The van der Waals surface area contributed by atoms with Gasteiger partial charge in [-0.25, -0.2) is 0 Å². The van der Waals surface area contributed by atoms with E-state index in [0.29, 0.717) is 12.1 Å². The molecule has 2 atom stereocenters. The second-order valence-electron chi connectivity index (χ2n) is 6.90. The monoisotopic (exact) mass is 291 g/mol. The number of aromatic nitrogens is 2. The van der Waals surface area contributed by atoms with Crippen molar-refractivity contribution in [3.8, 4) is 0 Å². The summed E-state index contributed by atoms with van der Waals surface area (Å²) in [6.45, 7) is 3.29. The van der Waals surface area contributed by atoms with Crippen LogP contribution in [0.1, 0.15) is 37.4 Å². The van der Waals surface area contributed by atoms with E-state index in [1.807, 2.05) is 0 Å². The summed E-state index contributed by atoms with van der Waals surface area (Å²) < 4.78 is 2.17. The van der Waals surface area contributed by atoms with Gasteiger partial charge in [0.05, 0.1) is 11.7 Å². The number of likely N-dealkylation sites (N-methyl/N-ethyl adjacent to an activating group) is 2. The van der Waals surface area contributed by atoms with E-state index < -0.39 is 0 Å². The molecule has 2 N–H and O–H groups in total. The maximum Gasteiger partial charge on any atom is 0.0640 e. The van der Waals surface area contributed by atoms with E-state index in [9.17, 15) is 0 Å². The molecule has 2 fully saturated rings. The van der Waals surface area contributed by atoms with Gasteiger partial charge in [-0.15, -0.1) is 0 Å². The number of rotatable bonds is 4. The van der Waals surface area contributed by atoms with Gasteiger partial charge in [-0.3, -0.25) is 9.58 Å². The van der Waals surface area contributed by atoms with Crippen LogP contribution in [0.3, 0.4) is 0 Å². The molecule has 5 heteroatoms. The summed E-state index contributed by atoms with van der Waals surface area (Å²) in [7, 11) is 4.37. The molecule has 1 saturated carbocycles. The number of nitrogens with two attached hydrogens (primary N) is 1. The van der Waals surface area contributed by atoms with Gasteiger partial charge in [0.25, 0.3) is 0 Å². The van der Waals surface area contributed by atoms with Crippen molar-refractivity contribution in [3.63, 3.8) is 0 Å². The summed E-state index contributed by atoms with van der Waals surface area (Å²) >= 11 is 0. The molecular weight excluding hydrogens is 262 g/mol. The van der Waals surface area contributed by atoms with E-state index in [2.05, 4.69) is 40.8 Å². The van der Waals surface area contributed by atoms with Crippen LogP contribution in [-0.4, -0.2) is 65.4 Å². The summed E-state index contributed by atoms with van der Waals surface area (Å²) in [4.78, 5) is 4.78. The molecule has 3 rings (SSSR count). The first-order valence-corrected chi connectivity index (χ1v) is 8.32. The third-order valence-electron chi connectivity index (χ3n) is 5.20. The standard InChI is InChI=1S/C16H29N5/c1-19-9-10-20(2)16(12-19)15(17)11-13-7-8-21(18-13)14-5-3-4-6-14/h7-8,14-16H,3-6,9-12,17H2,1-2H3. The maximum absolute atomic E-state index is 6.48. The van der Waals surface area contributed by atoms with Crippen LogP contribution in [0.25, 0.3) is 0 Å². The fourth-order valence-electron chi connectivity index (χ4n) is 3.74. The molecule has 21 heavy (non-hydrogen) atoms. The zero-order chi connectivity index (χ0) is 14.8. The van der Waals surface area contributed by atoms with Crippen molar-refractivity contribution in [2.24, 2.45) is 5.73 Å². The Morgan fingerprint density at radius 2 is 2.05 bits per heavy atom. The Morgan fingerprint density at radius 1 is 1.29 bits per heavy atom. The maximum atomic E-state index is 6.48. The lowest BCUT2D eigenvalue weighted by Gasteiger charge is -2.40. The minimum Gasteiger partial charge on any atom is -0.326 e. The Morgan fingerprint density at radius 3 is 2.81 bits per heavy atom. The fourth-order valence-corrected chi connectivity index (χ4v) is 3.74. The molecule has 0 aromatic carbocycles. The molecule has 1 aliphatic carbocycles. The first-order chi connectivity index (χ1) is 10.1. The van der Waals surface area contributed by atoms with Gasteiger partial charge in [0.2, 0.25) is 0 Å². The normalized spacial score (nSPS) is 27.3. The van der Waals surface area contributed by atoms with E-state index in [0.717, 1.165) is 31.7 Å². The van der Waals surface area contributed by atoms with Gasteiger partial charge >= 0.3 is 0 Å². The third kappa shape index (κ3) is 3.47. The molecule has 1 aromatic heterocycles. The first kappa shape index (κ1) is 15.0. The zero-order valence-electron chi connectivity index (χ0n) is 13.4. The molecule has 2 heterocycles. The Labute approximate surface area is 128 Å². The summed E-state index contributed by atoms with van der Waals surface area (Å²) in [5, 5.41) is 4.78. The minimum absolute atomic E-state index is 0.157. The highest BCUT2D eigenvalue weighted by Crippen LogP contribution is 2.28. The van der Waals surface area contributed by atoms with E-state index in [4.69, 9.17) is 10.8 Å². The van der Waals surface area contributed by atoms with Gasteiger partial charge < -0.3 is 10.6 Å². The van der Waals surface area contributed by atoms with Crippen LogP contribution >= 0.6 is 0 Å². The smallest absolute Gasteiger partial charge is 0.0640 e. The summed E-state index contributed by atoms with van der Waals surface area (Å²) in [6, 6.07) is 3.37. The number of nitrogens with zero attached hydrogens (tertiary/aromatic N) is 4. The van der Waals surface area contributed by atoms with Gasteiger partial charge in [-0.2, -0.15) is 5.10 Å². The average molecular weight is 291 g/mol. The third-order valence-corrected chi connectivity index (χ3v) is 5.20. The lowest BCUT2D eigenvalue weighted by molar-refractivity contribution is 0.0971. The Balaban J connectivity index is 1.60. The second kappa shape index (κ2) is 6.46. The quantitative estimate of drug-likeness (QED) is 0.903. The van der Waals surface area contributed by atoms with Crippen molar-refractivity contribution >= 4 is 0 Å². The average Bonchev–Trinajstić information content (AvgIpc) is 3.11. The predicted octanol–water partition coefficient (Wildman–Crippen LogP) is 1.11. The van der Waals surface area contributed by atoms with E-state index in [1.165, 1.54) is 25.7 Å². The Hall–Kier alpha value is -0.910. The van der Waals surface area contributed by atoms with Crippen LogP contribution in [0.5, 0.6) is 0 Å². The molecule has 1 aromatic rings. The molecular formula is C16H29N5. The molecule has 0 radical (unpaired) electrons. The SMILES string of the molecule is CN1CCN(C)C(C(N)Cc2ccn(C3CCCC3)n2)C1. The summed E-state index contributed by atoms with van der Waals surface area (Å²) in [5.74, 6) is 0. The number of hydrogen-bond acceptors (Lipinski definition) is 4. The zero-order valence-corrected chi connectivity index (χ0v) is 13.4. The highest BCUT2D eigenvalue weighted by atomic mass is 15.3. The molecule has 118 valence electrons. The molecule has 5 nitrogen and oxygen atoms in total. The highest BCUT2D eigenvalue weighted by Gasteiger charge is 2.28. The molecule has 0 bridgehead atoms. The van der Waals surface area contributed by atoms with Crippen LogP contribution in [0.15, 0.2) is 12.3 Å².